The zero-order chi connectivity index (χ0) is 18.3. The fourth-order valence-electron chi connectivity index (χ4n) is 3.12. The average molecular weight is 384 g/mol. The van der Waals surface area contributed by atoms with E-state index in [0.29, 0.717) is 16.6 Å². The monoisotopic (exact) mass is 383 g/mol. The third-order valence-electron chi connectivity index (χ3n) is 4.42. The lowest BCUT2D eigenvalue weighted by Gasteiger charge is -2.10. The van der Waals surface area contributed by atoms with Crippen LogP contribution in [0.4, 0.5) is 0 Å². The first kappa shape index (κ1) is 16.9. The highest BCUT2D eigenvalue weighted by Crippen LogP contribution is 2.30. The molecule has 0 aliphatic heterocycles. The summed E-state index contributed by atoms with van der Waals surface area (Å²) in [6, 6.07) is 15.1. The summed E-state index contributed by atoms with van der Waals surface area (Å²) in [6.45, 7) is 2.55. The van der Waals surface area contributed by atoms with Crippen LogP contribution in [0.3, 0.4) is 0 Å². The number of aryl methyl sites for hydroxylation is 1. The number of hydrogen-bond acceptors (Lipinski definition) is 2. The molecule has 26 heavy (non-hydrogen) atoms. The number of fused-ring (bicyclic) bond motifs is 1. The first-order valence-corrected chi connectivity index (χ1v) is 8.87. The summed E-state index contributed by atoms with van der Waals surface area (Å²) in [4.78, 5) is 4.76. The van der Waals surface area contributed by atoms with Gasteiger partial charge in [0.25, 0.3) is 0 Å². The van der Waals surface area contributed by atoms with E-state index < -0.39 is 0 Å². The van der Waals surface area contributed by atoms with E-state index in [1.807, 2.05) is 31.2 Å². The Bertz CT molecular complexity index is 1100. The van der Waals surface area contributed by atoms with Crippen molar-refractivity contribution >= 4 is 34.2 Å². The molecule has 0 saturated carbocycles. The quantitative estimate of drug-likeness (QED) is 0.369. The smallest absolute Gasteiger partial charge is 0.180 e. The van der Waals surface area contributed by atoms with Crippen molar-refractivity contribution in [2.45, 2.75) is 13.5 Å². The van der Waals surface area contributed by atoms with Gasteiger partial charge in [-0.05, 0) is 42.3 Å². The van der Waals surface area contributed by atoms with Crippen LogP contribution in [-0.2, 0) is 6.54 Å². The zero-order valence-electron chi connectivity index (χ0n) is 14.0. The molecule has 4 rings (SSSR count). The number of imidazole rings is 1. The SMILES string of the molecule is Cc1nc2c(-c3cc[n+]([O-])cc3)cccc2n1Cc1cc(Cl)ccc1Cl. The number of aromatic nitrogens is 3. The molecule has 0 aliphatic carbocycles. The molecule has 2 heterocycles. The second-order valence-electron chi connectivity index (χ2n) is 6.10. The van der Waals surface area contributed by atoms with Gasteiger partial charge in [-0.15, -0.1) is 0 Å². The minimum atomic E-state index is 0.584. The number of rotatable bonds is 3. The van der Waals surface area contributed by atoms with Crippen LogP contribution in [0.2, 0.25) is 10.0 Å². The molecule has 0 saturated heterocycles. The minimum absolute atomic E-state index is 0.584. The first-order valence-electron chi connectivity index (χ1n) is 8.12. The Morgan fingerprint density at radius 1 is 1.08 bits per heavy atom. The van der Waals surface area contributed by atoms with Crippen LogP contribution in [0.25, 0.3) is 22.2 Å². The average Bonchev–Trinajstić information content (AvgIpc) is 2.94. The highest BCUT2D eigenvalue weighted by atomic mass is 35.5. The molecule has 0 spiro atoms. The van der Waals surface area contributed by atoms with Gasteiger partial charge >= 0.3 is 0 Å². The van der Waals surface area contributed by atoms with Gasteiger partial charge in [-0.25, -0.2) is 4.98 Å². The largest absolute Gasteiger partial charge is 0.619 e. The second-order valence-corrected chi connectivity index (χ2v) is 6.94. The van der Waals surface area contributed by atoms with Crippen molar-refractivity contribution in [3.05, 3.63) is 87.6 Å². The van der Waals surface area contributed by atoms with E-state index in [2.05, 4.69) is 4.57 Å². The predicted molar refractivity (Wildman–Crippen MR) is 104 cm³/mol. The highest BCUT2D eigenvalue weighted by molar-refractivity contribution is 6.33. The third kappa shape index (κ3) is 3.02. The zero-order valence-corrected chi connectivity index (χ0v) is 15.5. The summed E-state index contributed by atoms with van der Waals surface area (Å²) in [5.41, 5.74) is 4.79. The summed E-state index contributed by atoms with van der Waals surface area (Å²) >= 11 is 12.5. The van der Waals surface area contributed by atoms with Crippen LogP contribution in [0.15, 0.2) is 60.9 Å². The molecule has 2 aromatic carbocycles. The molecule has 4 aromatic rings. The maximum atomic E-state index is 11.3. The predicted octanol–water partition coefficient (Wildman–Crippen LogP) is 5.00. The molecule has 0 bridgehead atoms. The number of nitrogens with zero attached hydrogens (tertiary/aromatic N) is 3. The fraction of sp³-hybridized carbons (Fsp3) is 0.100. The van der Waals surface area contributed by atoms with E-state index in [9.17, 15) is 5.21 Å². The van der Waals surface area contributed by atoms with E-state index in [1.165, 1.54) is 12.4 Å². The van der Waals surface area contributed by atoms with Gasteiger partial charge < -0.3 is 9.77 Å². The van der Waals surface area contributed by atoms with Crippen molar-refractivity contribution in [1.82, 2.24) is 9.55 Å². The molecular weight excluding hydrogens is 369 g/mol. The minimum Gasteiger partial charge on any atom is -0.619 e. The van der Waals surface area contributed by atoms with Crippen molar-refractivity contribution in [3.63, 3.8) is 0 Å². The van der Waals surface area contributed by atoms with E-state index in [0.717, 1.165) is 38.3 Å². The Hall–Kier alpha value is -2.56. The second kappa shape index (κ2) is 6.63. The maximum Gasteiger partial charge on any atom is 0.180 e. The molecule has 0 radical (unpaired) electrons. The van der Waals surface area contributed by atoms with Crippen molar-refractivity contribution in [2.75, 3.05) is 0 Å². The van der Waals surface area contributed by atoms with Crippen molar-refractivity contribution in [2.24, 2.45) is 0 Å². The molecule has 0 aliphatic rings. The number of para-hydroxylation sites is 1. The van der Waals surface area contributed by atoms with E-state index >= 15 is 0 Å². The highest BCUT2D eigenvalue weighted by Gasteiger charge is 2.14. The maximum absolute atomic E-state index is 11.3. The molecule has 2 aromatic heterocycles. The Balaban J connectivity index is 1.84. The van der Waals surface area contributed by atoms with Crippen molar-refractivity contribution < 1.29 is 4.73 Å². The van der Waals surface area contributed by atoms with Crippen LogP contribution in [0.5, 0.6) is 0 Å². The fourth-order valence-corrected chi connectivity index (χ4v) is 3.49. The van der Waals surface area contributed by atoms with Crippen LogP contribution in [0, 0.1) is 12.1 Å². The van der Waals surface area contributed by atoms with Gasteiger partial charge in [-0.2, -0.15) is 4.73 Å². The Morgan fingerprint density at radius 3 is 2.62 bits per heavy atom. The lowest BCUT2D eigenvalue weighted by atomic mass is 10.1. The summed E-state index contributed by atoms with van der Waals surface area (Å²) in [5, 5.41) is 12.6. The van der Waals surface area contributed by atoms with E-state index in [4.69, 9.17) is 28.2 Å². The molecule has 0 unspecified atom stereocenters. The molecular formula is C20H15Cl2N3O. The van der Waals surface area contributed by atoms with Gasteiger partial charge in [0.2, 0.25) is 0 Å². The molecule has 0 atom stereocenters. The molecule has 130 valence electrons. The van der Waals surface area contributed by atoms with Crippen molar-refractivity contribution in [3.8, 4) is 11.1 Å². The van der Waals surface area contributed by atoms with E-state index in [1.54, 1.807) is 24.3 Å². The van der Waals surface area contributed by atoms with Gasteiger partial charge in [-0.3, -0.25) is 0 Å². The van der Waals surface area contributed by atoms with Crippen LogP contribution in [0.1, 0.15) is 11.4 Å². The molecule has 6 heteroatoms. The van der Waals surface area contributed by atoms with Gasteiger partial charge in [0.15, 0.2) is 12.4 Å². The summed E-state index contributed by atoms with van der Waals surface area (Å²) in [6.07, 6.45) is 2.98. The number of halogens is 2. The number of hydrogen-bond donors (Lipinski definition) is 0. The summed E-state index contributed by atoms with van der Waals surface area (Å²) < 4.78 is 2.89. The van der Waals surface area contributed by atoms with Crippen LogP contribution < -0.4 is 4.73 Å². The van der Waals surface area contributed by atoms with Gasteiger partial charge in [0, 0.05) is 27.7 Å². The topological polar surface area (TPSA) is 44.8 Å². The van der Waals surface area contributed by atoms with Gasteiger partial charge in [-0.1, -0.05) is 35.3 Å². The number of benzene rings is 2. The summed E-state index contributed by atoms with van der Waals surface area (Å²) in [7, 11) is 0. The Labute approximate surface area is 160 Å². The first-order chi connectivity index (χ1) is 12.5. The van der Waals surface area contributed by atoms with Gasteiger partial charge in [0.05, 0.1) is 17.6 Å². The van der Waals surface area contributed by atoms with Crippen molar-refractivity contribution in [1.29, 1.82) is 0 Å². The Morgan fingerprint density at radius 2 is 1.85 bits per heavy atom. The molecule has 0 amide bonds. The summed E-state index contributed by atoms with van der Waals surface area (Å²) in [5.74, 6) is 0.887. The Kier molecular flexibility index (Phi) is 4.31. The normalized spacial score (nSPS) is 11.2. The van der Waals surface area contributed by atoms with Crippen LogP contribution >= 0.6 is 23.2 Å². The van der Waals surface area contributed by atoms with Gasteiger partial charge in [0.1, 0.15) is 5.82 Å². The van der Waals surface area contributed by atoms with E-state index in [-0.39, 0.29) is 0 Å². The lowest BCUT2D eigenvalue weighted by molar-refractivity contribution is -0.605. The third-order valence-corrected chi connectivity index (χ3v) is 5.02. The number of pyridine rings is 1. The molecule has 0 fully saturated rings. The standard InChI is InChI=1S/C20H15Cl2N3O/c1-13-23-20-17(14-7-9-24(26)10-8-14)3-2-4-19(20)25(13)12-15-11-16(21)5-6-18(15)22/h2-11H,12H2,1H3. The van der Waals surface area contributed by atoms with Crippen LogP contribution in [-0.4, -0.2) is 9.55 Å². The lowest BCUT2D eigenvalue weighted by Crippen LogP contribution is -2.23. The molecule has 0 N–H and O–H groups in total. The molecule has 4 nitrogen and oxygen atoms in total.